The van der Waals surface area contributed by atoms with Gasteiger partial charge in [0.05, 0.1) is 11.4 Å². The van der Waals surface area contributed by atoms with Gasteiger partial charge in [0.2, 0.25) is 11.8 Å². The SMILES string of the molecule is CC(C)NC(=O)CCN1CCc2nc(-c3ccc(C(N)=O)cc3)[nH]c2C1. The average molecular weight is 355 g/mol. The number of hydrogen-bond acceptors (Lipinski definition) is 4. The maximum absolute atomic E-state index is 11.8. The first-order chi connectivity index (χ1) is 12.4. The van der Waals surface area contributed by atoms with Crippen molar-refractivity contribution >= 4 is 11.8 Å². The second-order valence-corrected chi connectivity index (χ2v) is 6.95. The lowest BCUT2D eigenvalue weighted by atomic mass is 10.1. The minimum atomic E-state index is -0.438. The molecule has 7 nitrogen and oxygen atoms in total. The fraction of sp³-hybridized carbons (Fsp3) is 0.421. The van der Waals surface area contributed by atoms with Gasteiger partial charge in [0.1, 0.15) is 5.82 Å². The zero-order chi connectivity index (χ0) is 18.7. The highest BCUT2D eigenvalue weighted by Gasteiger charge is 2.21. The third kappa shape index (κ3) is 4.29. The Labute approximate surface area is 153 Å². The summed E-state index contributed by atoms with van der Waals surface area (Å²) in [5.41, 5.74) is 8.85. The Bertz CT molecular complexity index is 795. The van der Waals surface area contributed by atoms with Gasteiger partial charge in [-0.2, -0.15) is 0 Å². The number of aromatic amines is 1. The van der Waals surface area contributed by atoms with E-state index in [1.807, 2.05) is 26.0 Å². The number of H-pyrrole nitrogens is 1. The fourth-order valence-electron chi connectivity index (χ4n) is 3.12. The van der Waals surface area contributed by atoms with Crippen LogP contribution in [0, 0.1) is 0 Å². The molecule has 1 aliphatic rings. The molecular formula is C19H25N5O2. The predicted octanol–water partition coefficient (Wildman–Crippen LogP) is 1.45. The number of carbonyl (C=O) groups excluding carboxylic acids is 2. The summed E-state index contributed by atoms with van der Waals surface area (Å²) in [5, 5.41) is 2.92. The summed E-state index contributed by atoms with van der Waals surface area (Å²) < 4.78 is 0. The van der Waals surface area contributed by atoms with Crippen molar-refractivity contribution in [3.8, 4) is 11.4 Å². The summed E-state index contributed by atoms with van der Waals surface area (Å²) in [6.45, 7) is 6.32. The van der Waals surface area contributed by atoms with Gasteiger partial charge in [0.25, 0.3) is 0 Å². The summed E-state index contributed by atoms with van der Waals surface area (Å²) in [4.78, 5) is 33.3. The van der Waals surface area contributed by atoms with E-state index in [4.69, 9.17) is 5.73 Å². The number of nitrogens with two attached hydrogens (primary N) is 1. The van der Waals surface area contributed by atoms with Gasteiger partial charge in [-0.05, 0) is 26.0 Å². The molecule has 0 fully saturated rings. The van der Waals surface area contributed by atoms with Gasteiger partial charge >= 0.3 is 0 Å². The molecule has 26 heavy (non-hydrogen) atoms. The van der Waals surface area contributed by atoms with E-state index in [1.54, 1.807) is 12.1 Å². The molecular weight excluding hydrogens is 330 g/mol. The molecule has 1 aromatic heterocycles. The molecule has 2 aromatic rings. The molecule has 1 aromatic carbocycles. The number of amides is 2. The maximum atomic E-state index is 11.8. The molecule has 138 valence electrons. The highest BCUT2D eigenvalue weighted by molar-refractivity contribution is 5.93. The largest absolute Gasteiger partial charge is 0.366 e. The van der Waals surface area contributed by atoms with Gasteiger partial charge in [0, 0.05) is 49.6 Å². The quantitative estimate of drug-likeness (QED) is 0.729. The molecule has 0 spiro atoms. The number of hydrogen-bond donors (Lipinski definition) is 3. The van der Waals surface area contributed by atoms with E-state index in [-0.39, 0.29) is 11.9 Å². The lowest BCUT2D eigenvalue weighted by molar-refractivity contribution is -0.121. The summed E-state index contributed by atoms with van der Waals surface area (Å²) in [5.74, 6) is 0.448. The van der Waals surface area contributed by atoms with Gasteiger partial charge < -0.3 is 16.0 Å². The Balaban J connectivity index is 1.63. The molecule has 0 unspecified atom stereocenters. The highest BCUT2D eigenvalue weighted by Crippen LogP contribution is 2.23. The van der Waals surface area contributed by atoms with Gasteiger partial charge in [-0.15, -0.1) is 0 Å². The molecule has 1 aliphatic heterocycles. The Morgan fingerprint density at radius 1 is 1.31 bits per heavy atom. The van der Waals surface area contributed by atoms with E-state index in [1.165, 1.54) is 0 Å². The van der Waals surface area contributed by atoms with Crippen molar-refractivity contribution in [2.45, 2.75) is 39.3 Å². The second kappa shape index (κ2) is 7.70. The molecule has 0 radical (unpaired) electrons. The minimum Gasteiger partial charge on any atom is -0.366 e. The lowest BCUT2D eigenvalue weighted by Crippen LogP contribution is -2.36. The van der Waals surface area contributed by atoms with Gasteiger partial charge in [-0.25, -0.2) is 4.98 Å². The fourth-order valence-corrected chi connectivity index (χ4v) is 3.12. The smallest absolute Gasteiger partial charge is 0.248 e. The van der Waals surface area contributed by atoms with Crippen LogP contribution in [0.1, 0.15) is 42.0 Å². The minimum absolute atomic E-state index is 0.0886. The molecule has 7 heteroatoms. The number of primary amides is 1. The number of fused-ring (bicyclic) bond motifs is 1. The summed E-state index contributed by atoms with van der Waals surface area (Å²) in [6, 6.07) is 7.28. The standard InChI is InChI=1S/C19H25N5O2/c1-12(2)21-17(25)8-10-24-9-7-15-16(11-24)23-19(22-15)14-5-3-13(4-6-14)18(20)26/h3-6,12H,7-11H2,1-2H3,(H2,20,26)(H,21,25)(H,22,23). The molecule has 0 aliphatic carbocycles. The van der Waals surface area contributed by atoms with Crippen LogP contribution in [0.25, 0.3) is 11.4 Å². The number of rotatable bonds is 6. The monoisotopic (exact) mass is 355 g/mol. The van der Waals surface area contributed by atoms with E-state index >= 15 is 0 Å². The predicted molar refractivity (Wildman–Crippen MR) is 99.4 cm³/mol. The zero-order valence-corrected chi connectivity index (χ0v) is 15.2. The molecule has 0 saturated carbocycles. The zero-order valence-electron chi connectivity index (χ0n) is 15.2. The lowest BCUT2D eigenvalue weighted by Gasteiger charge is -2.25. The molecule has 0 bridgehead atoms. The van der Waals surface area contributed by atoms with Crippen LogP contribution >= 0.6 is 0 Å². The Morgan fingerprint density at radius 3 is 2.69 bits per heavy atom. The molecule has 0 atom stereocenters. The van der Waals surface area contributed by atoms with Crippen molar-refractivity contribution in [1.82, 2.24) is 20.2 Å². The normalized spacial score (nSPS) is 14.3. The molecule has 4 N–H and O–H groups in total. The molecule has 2 amide bonds. The van der Waals surface area contributed by atoms with Crippen molar-refractivity contribution in [3.05, 3.63) is 41.2 Å². The maximum Gasteiger partial charge on any atom is 0.248 e. The number of aromatic nitrogens is 2. The third-order valence-corrected chi connectivity index (χ3v) is 4.46. The van der Waals surface area contributed by atoms with Crippen molar-refractivity contribution in [1.29, 1.82) is 0 Å². The molecule has 2 heterocycles. The third-order valence-electron chi connectivity index (χ3n) is 4.46. The average Bonchev–Trinajstić information content (AvgIpc) is 3.02. The first kappa shape index (κ1) is 18.1. The van der Waals surface area contributed by atoms with Crippen LogP contribution in [0.15, 0.2) is 24.3 Å². The van der Waals surface area contributed by atoms with Crippen molar-refractivity contribution in [2.24, 2.45) is 5.73 Å². The Hall–Kier alpha value is -2.67. The topological polar surface area (TPSA) is 104 Å². The number of nitrogens with zero attached hydrogens (tertiary/aromatic N) is 2. The Morgan fingerprint density at radius 2 is 2.04 bits per heavy atom. The highest BCUT2D eigenvalue weighted by atomic mass is 16.2. The van der Waals surface area contributed by atoms with E-state index in [0.717, 1.165) is 48.8 Å². The van der Waals surface area contributed by atoms with Gasteiger partial charge in [-0.1, -0.05) is 12.1 Å². The number of nitrogens with one attached hydrogen (secondary N) is 2. The van der Waals surface area contributed by atoms with Crippen LogP contribution in [0.4, 0.5) is 0 Å². The van der Waals surface area contributed by atoms with Crippen molar-refractivity contribution in [3.63, 3.8) is 0 Å². The Kier molecular flexibility index (Phi) is 5.37. The second-order valence-electron chi connectivity index (χ2n) is 6.95. The summed E-state index contributed by atoms with van der Waals surface area (Å²) in [7, 11) is 0. The van der Waals surface area contributed by atoms with Crippen LogP contribution < -0.4 is 11.1 Å². The summed E-state index contributed by atoms with van der Waals surface area (Å²) in [6.07, 6.45) is 1.36. The number of carbonyl (C=O) groups is 2. The van der Waals surface area contributed by atoms with E-state index in [2.05, 4.69) is 20.2 Å². The van der Waals surface area contributed by atoms with Crippen LogP contribution in [-0.4, -0.2) is 45.8 Å². The van der Waals surface area contributed by atoms with E-state index < -0.39 is 5.91 Å². The van der Waals surface area contributed by atoms with Crippen molar-refractivity contribution in [2.75, 3.05) is 13.1 Å². The number of imidazole rings is 1. The van der Waals surface area contributed by atoms with Crippen molar-refractivity contribution < 1.29 is 9.59 Å². The molecule has 3 rings (SSSR count). The van der Waals surface area contributed by atoms with E-state index in [0.29, 0.717) is 12.0 Å². The first-order valence-corrected chi connectivity index (χ1v) is 8.92. The summed E-state index contributed by atoms with van der Waals surface area (Å²) >= 11 is 0. The van der Waals surface area contributed by atoms with E-state index in [9.17, 15) is 9.59 Å². The molecule has 0 saturated heterocycles. The van der Waals surface area contributed by atoms with Crippen LogP contribution in [0.3, 0.4) is 0 Å². The van der Waals surface area contributed by atoms with Gasteiger partial charge in [0.15, 0.2) is 0 Å². The van der Waals surface area contributed by atoms with Crippen LogP contribution in [0.5, 0.6) is 0 Å². The number of benzene rings is 1. The van der Waals surface area contributed by atoms with Crippen LogP contribution in [0.2, 0.25) is 0 Å². The first-order valence-electron chi connectivity index (χ1n) is 8.92. The van der Waals surface area contributed by atoms with Gasteiger partial charge in [-0.3, -0.25) is 14.5 Å². The van der Waals surface area contributed by atoms with Crippen LogP contribution in [-0.2, 0) is 17.8 Å².